The number of aromatic nitrogens is 2. The second kappa shape index (κ2) is 7.26. The predicted octanol–water partition coefficient (Wildman–Crippen LogP) is 1.86. The number of rotatable bonds is 5. The smallest absolute Gasteiger partial charge is 0.261 e. The molecule has 0 spiro atoms. The minimum absolute atomic E-state index is 0.0569. The van der Waals surface area contributed by atoms with Gasteiger partial charge in [0.1, 0.15) is 5.82 Å². The van der Waals surface area contributed by atoms with Crippen LogP contribution in [-0.2, 0) is 17.8 Å². The molecule has 0 saturated heterocycles. The molecule has 142 valence electrons. The van der Waals surface area contributed by atoms with Gasteiger partial charge in [0.05, 0.1) is 10.9 Å². The van der Waals surface area contributed by atoms with Crippen LogP contribution in [0.1, 0.15) is 29.0 Å². The molecule has 0 bridgehead atoms. The third kappa shape index (κ3) is 3.26. The van der Waals surface area contributed by atoms with Crippen molar-refractivity contribution in [3.8, 4) is 0 Å². The summed E-state index contributed by atoms with van der Waals surface area (Å²) in [4.78, 5) is 43.1. The molecule has 7 heteroatoms. The van der Waals surface area contributed by atoms with Gasteiger partial charge in [0.15, 0.2) is 0 Å². The maximum absolute atomic E-state index is 13.2. The summed E-state index contributed by atoms with van der Waals surface area (Å²) in [6.07, 6.45) is 1.72. The molecule has 0 saturated carbocycles. The molecule has 0 fully saturated rings. The van der Waals surface area contributed by atoms with Gasteiger partial charge in [0.2, 0.25) is 5.91 Å². The fraction of sp³-hybridized carbons (Fsp3) is 0.238. The highest BCUT2D eigenvalue weighted by Crippen LogP contribution is 2.20. The Kier molecular flexibility index (Phi) is 4.65. The number of hydrogen-bond donors (Lipinski definition) is 1. The van der Waals surface area contributed by atoms with E-state index in [4.69, 9.17) is 5.73 Å². The Balaban J connectivity index is 1.74. The summed E-state index contributed by atoms with van der Waals surface area (Å²) in [6.45, 7) is 0.864. The average molecular weight is 376 g/mol. The highest BCUT2D eigenvalue weighted by Gasteiger charge is 2.21. The number of amides is 2. The van der Waals surface area contributed by atoms with Crippen molar-refractivity contribution in [1.82, 2.24) is 9.55 Å². The lowest BCUT2D eigenvalue weighted by atomic mass is 10.1. The number of aryl methyl sites for hydroxylation is 1. The average Bonchev–Trinajstić information content (AvgIpc) is 3.17. The lowest BCUT2D eigenvalue weighted by Crippen LogP contribution is -2.34. The van der Waals surface area contributed by atoms with E-state index >= 15 is 0 Å². The number of primary amides is 1. The molecule has 0 aliphatic carbocycles. The summed E-state index contributed by atoms with van der Waals surface area (Å²) in [5.41, 5.74) is 6.82. The summed E-state index contributed by atoms with van der Waals surface area (Å²) in [6, 6.07) is 14.1. The Morgan fingerprint density at radius 3 is 2.68 bits per heavy atom. The van der Waals surface area contributed by atoms with Crippen LogP contribution in [0.5, 0.6) is 0 Å². The molecule has 0 atom stereocenters. The molecule has 3 aromatic rings. The molecule has 1 aliphatic heterocycles. The number of carbonyl (C=O) groups is 2. The first-order valence-electron chi connectivity index (χ1n) is 9.23. The molecular formula is C21H20N4O3. The summed E-state index contributed by atoms with van der Waals surface area (Å²) in [5.74, 6) is 0.0185. The molecule has 1 aliphatic rings. The van der Waals surface area contributed by atoms with Crippen LogP contribution in [0.25, 0.3) is 10.9 Å². The molecule has 1 aromatic heterocycles. The Morgan fingerprint density at radius 1 is 1.14 bits per heavy atom. The SMILES string of the molecule is NC(=O)CCN(C(=O)c1ccc2c(=O)n3c(nc2c1)CCC3)c1ccccc1. The van der Waals surface area contributed by atoms with Gasteiger partial charge in [-0.2, -0.15) is 0 Å². The van der Waals surface area contributed by atoms with Crippen molar-refractivity contribution in [1.29, 1.82) is 0 Å². The highest BCUT2D eigenvalue weighted by molar-refractivity contribution is 6.07. The Morgan fingerprint density at radius 2 is 1.93 bits per heavy atom. The van der Waals surface area contributed by atoms with E-state index < -0.39 is 5.91 Å². The highest BCUT2D eigenvalue weighted by atomic mass is 16.2. The third-order valence-corrected chi connectivity index (χ3v) is 4.96. The van der Waals surface area contributed by atoms with Gasteiger partial charge >= 0.3 is 0 Å². The largest absolute Gasteiger partial charge is 0.370 e. The first-order valence-corrected chi connectivity index (χ1v) is 9.23. The van der Waals surface area contributed by atoms with Crippen LogP contribution in [0.3, 0.4) is 0 Å². The fourth-order valence-corrected chi connectivity index (χ4v) is 3.55. The van der Waals surface area contributed by atoms with Crippen molar-refractivity contribution in [2.45, 2.75) is 25.8 Å². The van der Waals surface area contributed by atoms with E-state index in [0.29, 0.717) is 28.7 Å². The molecule has 4 rings (SSSR count). The number of fused-ring (bicyclic) bond motifs is 2. The summed E-state index contributed by atoms with van der Waals surface area (Å²) >= 11 is 0. The van der Waals surface area contributed by atoms with Crippen molar-refractivity contribution < 1.29 is 9.59 Å². The van der Waals surface area contributed by atoms with Crippen LogP contribution in [0.4, 0.5) is 5.69 Å². The summed E-state index contributed by atoms with van der Waals surface area (Å²) in [7, 11) is 0. The maximum Gasteiger partial charge on any atom is 0.261 e. The predicted molar refractivity (Wildman–Crippen MR) is 106 cm³/mol. The van der Waals surface area contributed by atoms with Gasteiger partial charge in [-0.05, 0) is 36.8 Å². The normalized spacial score (nSPS) is 12.7. The number of benzene rings is 2. The van der Waals surface area contributed by atoms with Crippen molar-refractivity contribution >= 4 is 28.4 Å². The Bertz CT molecular complexity index is 1120. The molecule has 0 unspecified atom stereocenters. The molecule has 2 amide bonds. The van der Waals surface area contributed by atoms with Gasteiger partial charge in [0.25, 0.3) is 11.5 Å². The van der Waals surface area contributed by atoms with Gasteiger partial charge in [-0.3, -0.25) is 19.0 Å². The van der Waals surface area contributed by atoms with E-state index in [-0.39, 0.29) is 24.4 Å². The molecule has 2 aromatic carbocycles. The molecule has 28 heavy (non-hydrogen) atoms. The van der Waals surface area contributed by atoms with E-state index in [1.807, 2.05) is 18.2 Å². The van der Waals surface area contributed by atoms with Gasteiger partial charge in [-0.1, -0.05) is 18.2 Å². The zero-order valence-corrected chi connectivity index (χ0v) is 15.3. The topological polar surface area (TPSA) is 98.3 Å². The van der Waals surface area contributed by atoms with Gasteiger partial charge in [0, 0.05) is 37.2 Å². The molecule has 2 heterocycles. The minimum Gasteiger partial charge on any atom is -0.370 e. The number of hydrogen-bond acceptors (Lipinski definition) is 4. The number of carbonyl (C=O) groups excluding carboxylic acids is 2. The number of para-hydroxylation sites is 1. The molecular weight excluding hydrogens is 356 g/mol. The van der Waals surface area contributed by atoms with Crippen LogP contribution in [-0.4, -0.2) is 27.9 Å². The van der Waals surface area contributed by atoms with E-state index in [0.717, 1.165) is 18.7 Å². The Labute approximate surface area is 161 Å². The first kappa shape index (κ1) is 17.9. The first-order chi connectivity index (χ1) is 13.5. The van der Waals surface area contributed by atoms with E-state index in [9.17, 15) is 14.4 Å². The zero-order valence-electron chi connectivity index (χ0n) is 15.3. The minimum atomic E-state index is -0.475. The lowest BCUT2D eigenvalue weighted by molar-refractivity contribution is -0.117. The van der Waals surface area contributed by atoms with E-state index in [1.54, 1.807) is 34.9 Å². The van der Waals surface area contributed by atoms with Crippen molar-refractivity contribution in [2.24, 2.45) is 5.73 Å². The van der Waals surface area contributed by atoms with Crippen LogP contribution >= 0.6 is 0 Å². The monoisotopic (exact) mass is 376 g/mol. The van der Waals surface area contributed by atoms with Crippen molar-refractivity contribution in [2.75, 3.05) is 11.4 Å². The number of nitrogens with zero attached hydrogens (tertiary/aromatic N) is 3. The molecule has 7 nitrogen and oxygen atoms in total. The molecule has 2 N–H and O–H groups in total. The van der Waals surface area contributed by atoms with Crippen molar-refractivity contribution in [3.05, 3.63) is 70.3 Å². The number of nitrogens with two attached hydrogens (primary N) is 1. The van der Waals surface area contributed by atoms with Gasteiger partial charge in [-0.15, -0.1) is 0 Å². The quantitative estimate of drug-likeness (QED) is 0.735. The van der Waals surface area contributed by atoms with E-state index in [2.05, 4.69) is 4.98 Å². The fourth-order valence-electron chi connectivity index (χ4n) is 3.55. The zero-order chi connectivity index (χ0) is 19.7. The van der Waals surface area contributed by atoms with Crippen LogP contribution in [0.2, 0.25) is 0 Å². The summed E-state index contributed by atoms with van der Waals surface area (Å²) in [5, 5.41) is 0.505. The van der Waals surface area contributed by atoms with Crippen molar-refractivity contribution in [3.63, 3.8) is 0 Å². The third-order valence-electron chi connectivity index (χ3n) is 4.96. The second-order valence-electron chi connectivity index (χ2n) is 6.83. The van der Waals surface area contributed by atoms with Crippen LogP contribution in [0, 0.1) is 0 Å². The second-order valence-corrected chi connectivity index (χ2v) is 6.83. The molecule has 0 radical (unpaired) electrons. The maximum atomic E-state index is 13.2. The van der Waals surface area contributed by atoms with Gasteiger partial charge in [-0.25, -0.2) is 4.98 Å². The summed E-state index contributed by atoms with van der Waals surface area (Å²) < 4.78 is 1.70. The van der Waals surface area contributed by atoms with Crippen LogP contribution in [0.15, 0.2) is 53.3 Å². The van der Waals surface area contributed by atoms with Crippen LogP contribution < -0.4 is 16.2 Å². The standard InChI is InChI=1S/C21H20N4O3/c22-18(26)10-12-24(15-5-2-1-3-6-15)20(27)14-8-9-16-17(13-14)23-19-7-4-11-25(19)21(16)28/h1-3,5-6,8-9,13H,4,7,10-12H2,(H2,22,26). The lowest BCUT2D eigenvalue weighted by Gasteiger charge is -2.22. The van der Waals surface area contributed by atoms with E-state index in [1.165, 1.54) is 4.90 Å². The number of anilines is 1. The Hall–Kier alpha value is -3.48. The van der Waals surface area contributed by atoms with Gasteiger partial charge < -0.3 is 10.6 Å².